The smallest absolute Gasteiger partial charge is 0.275 e. The van der Waals surface area contributed by atoms with Crippen molar-refractivity contribution < 1.29 is 4.79 Å². The molecule has 1 amide bonds. The highest BCUT2D eigenvalue weighted by molar-refractivity contribution is 9.10. The van der Waals surface area contributed by atoms with E-state index in [0.29, 0.717) is 20.7 Å². The third-order valence-corrected chi connectivity index (χ3v) is 6.03. The highest BCUT2D eigenvalue weighted by atomic mass is 79.9. The first-order chi connectivity index (χ1) is 10.5. The predicted octanol–water partition coefficient (Wildman–Crippen LogP) is 3.56. The van der Waals surface area contributed by atoms with Gasteiger partial charge in [0.15, 0.2) is 0 Å². The van der Waals surface area contributed by atoms with Crippen molar-refractivity contribution in [1.82, 2.24) is 9.78 Å². The number of hydrogen-bond donors (Lipinski definition) is 1. The number of halogens is 1. The maximum Gasteiger partial charge on any atom is 0.275 e. The number of amides is 1. The van der Waals surface area contributed by atoms with Gasteiger partial charge in [-0.25, -0.2) is 0 Å². The second-order valence-corrected chi connectivity index (χ2v) is 7.25. The third-order valence-electron chi connectivity index (χ3n) is 3.87. The van der Waals surface area contributed by atoms with Crippen molar-refractivity contribution in [2.24, 2.45) is 7.05 Å². The number of carbonyl (C=O) groups excluding carboxylic acids is 1. The molecule has 0 atom stereocenters. The number of aromatic nitrogens is 2. The molecule has 22 heavy (non-hydrogen) atoms. The maximum absolute atomic E-state index is 12.5. The Kier molecular flexibility index (Phi) is 4.06. The predicted molar refractivity (Wildman–Crippen MR) is 89.3 cm³/mol. The molecule has 114 valence electrons. The minimum absolute atomic E-state index is 0.245. The summed E-state index contributed by atoms with van der Waals surface area (Å²) in [5.41, 5.74) is 2.98. The number of carbonyl (C=O) groups is 1. The Morgan fingerprint density at radius 3 is 2.82 bits per heavy atom. The van der Waals surface area contributed by atoms with Crippen molar-refractivity contribution in [1.29, 1.82) is 5.26 Å². The molecular weight excluding hydrogens is 364 g/mol. The number of nitriles is 1. The van der Waals surface area contributed by atoms with Crippen LogP contribution in [0.2, 0.25) is 0 Å². The Bertz CT molecular complexity index is 800. The summed E-state index contributed by atoms with van der Waals surface area (Å²) in [6.07, 6.45) is 4.19. The molecule has 2 heterocycles. The van der Waals surface area contributed by atoms with Crippen molar-refractivity contribution in [2.45, 2.75) is 32.6 Å². The molecule has 7 heteroatoms. The van der Waals surface area contributed by atoms with Gasteiger partial charge < -0.3 is 5.32 Å². The van der Waals surface area contributed by atoms with Crippen LogP contribution in [0.25, 0.3) is 0 Å². The SMILES string of the molecule is Cc1nn(C)c(C(=O)Nc2sc3c(c2C#N)CCCC3)c1Br. The van der Waals surface area contributed by atoms with E-state index in [-0.39, 0.29) is 5.91 Å². The van der Waals surface area contributed by atoms with E-state index in [9.17, 15) is 10.1 Å². The standard InChI is InChI=1S/C15H15BrN4OS/c1-8-12(16)13(20(2)19-8)14(21)18-15-10(7-17)9-5-3-4-6-11(9)22-15/h3-6H2,1-2H3,(H,18,21). The molecule has 3 rings (SSSR count). The molecule has 0 bridgehead atoms. The van der Waals surface area contributed by atoms with Crippen molar-refractivity contribution in [2.75, 3.05) is 5.32 Å². The summed E-state index contributed by atoms with van der Waals surface area (Å²) in [4.78, 5) is 13.8. The summed E-state index contributed by atoms with van der Waals surface area (Å²) in [7, 11) is 1.73. The van der Waals surface area contributed by atoms with Gasteiger partial charge in [-0.1, -0.05) is 0 Å². The Hall–Kier alpha value is -1.65. The number of nitrogens with one attached hydrogen (secondary N) is 1. The van der Waals surface area contributed by atoms with E-state index in [0.717, 1.165) is 36.9 Å². The quantitative estimate of drug-likeness (QED) is 0.868. The highest BCUT2D eigenvalue weighted by Gasteiger charge is 2.24. The summed E-state index contributed by atoms with van der Waals surface area (Å²) >= 11 is 4.93. The summed E-state index contributed by atoms with van der Waals surface area (Å²) in [6.45, 7) is 1.84. The molecule has 1 aliphatic rings. The average Bonchev–Trinajstić information content (AvgIpc) is 2.95. The van der Waals surface area contributed by atoms with Gasteiger partial charge in [0.05, 0.1) is 15.7 Å². The van der Waals surface area contributed by atoms with Crippen LogP contribution in [0.1, 0.15) is 45.0 Å². The minimum Gasteiger partial charge on any atom is -0.311 e. The molecule has 0 radical (unpaired) electrons. The number of thiophene rings is 1. The van der Waals surface area contributed by atoms with Gasteiger partial charge in [0.1, 0.15) is 16.8 Å². The first-order valence-electron chi connectivity index (χ1n) is 7.08. The van der Waals surface area contributed by atoms with E-state index in [1.165, 1.54) is 16.2 Å². The molecule has 0 spiro atoms. The lowest BCUT2D eigenvalue weighted by atomic mass is 9.96. The lowest BCUT2D eigenvalue weighted by Crippen LogP contribution is -2.16. The maximum atomic E-state index is 12.5. The summed E-state index contributed by atoms with van der Waals surface area (Å²) in [5.74, 6) is -0.245. The van der Waals surface area contributed by atoms with E-state index in [4.69, 9.17) is 0 Å². The third kappa shape index (κ3) is 2.46. The molecule has 1 aliphatic carbocycles. The first-order valence-corrected chi connectivity index (χ1v) is 8.69. The Morgan fingerprint density at radius 1 is 1.45 bits per heavy atom. The summed E-state index contributed by atoms with van der Waals surface area (Å²) in [5, 5.41) is 17.2. The lowest BCUT2D eigenvalue weighted by molar-refractivity contribution is 0.101. The molecule has 0 aliphatic heterocycles. The van der Waals surface area contributed by atoms with Gasteiger partial charge in [0, 0.05) is 11.9 Å². The van der Waals surface area contributed by atoms with Crippen LogP contribution in [0.5, 0.6) is 0 Å². The van der Waals surface area contributed by atoms with Crippen LogP contribution >= 0.6 is 27.3 Å². The van der Waals surface area contributed by atoms with Gasteiger partial charge in [0.2, 0.25) is 0 Å². The molecule has 0 saturated heterocycles. The van der Waals surface area contributed by atoms with E-state index in [1.807, 2.05) is 6.92 Å². The molecule has 5 nitrogen and oxygen atoms in total. The molecule has 2 aromatic rings. The van der Waals surface area contributed by atoms with Crippen LogP contribution in [0.15, 0.2) is 4.47 Å². The lowest BCUT2D eigenvalue weighted by Gasteiger charge is -2.09. The zero-order valence-electron chi connectivity index (χ0n) is 12.4. The Balaban J connectivity index is 1.95. The van der Waals surface area contributed by atoms with Crippen LogP contribution in [0, 0.1) is 18.3 Å². The van der Waals surface area contributed by atoms with Gasteiger partial charge in [0.25, 0.3) is 5.91 Å². The number of aryl methyl sites for hydroxylation is 3. The fourth-order valence-electron chi connectivity index (χ4n) is 2.81. The van der Waals surface area contributed by atoms with Gasteiger partial charge in [-0.3, -0.25) is 9.48 Å². The molecule has 0 saturated carbocycles. The first kappa shape index (κ1) is 15.3. The van der Waals surface area contributed by atoms with Crippen molar-refractivity contribution in [3.63, 3.8) is 0 Å². The van der Waals surface area contributed by atoms with E-state index in [1.54, 1.807) is 11.7 Å². The molecule has 0 unspecified atom stereocenters. The normalized spacial score (nSPS) is 13.5. The molecule has 0 fully saturated rings. The monoisotopic (exact) mass is 378 g/mol. The second-order valence-electron chi connectivity index (χ2n) is 5.35. The van der Waals surface area contributed by atoms with E-state index in [2.05, 4.69) is 32.4 Å². The molecule has 0 aromatic carbocycles. The molecule has 2 aromatic heterocycles. The minimum atomic E-state index is -0.245. The van der Waals surface area contributed by atoms with Crippen molar-refractivity contribution >= 4 is 38.2 Å². The van der Waals surface area contributed by atoms with Crippen LogP contribution in [0.3, 0.4) is 0 Å². The van der Waals surface area contributed by atoms with Gasteiger partial charge >= 0.3 is 0 Å². The summed E-state index contributed by atoms with van der Waals surface area (Å²) in [6, 6.07) is 2.26. The zero-order valence-corrected chi connectivity index (χ0v) is 14.8. The number of fused-ring (bicyclic) bond motifs is 1. The largest absolute Gasteiger partial charge is 0.311 e. The van der Waals surface area contributed by atoms with Crippen LogP contribution < -0.4 is 5.32 Å². The van der Waals surface area contributed by atoms with Crippen LogP contribution in [-0.4, -0.2) is 15.7 Å². The van der Waals surface area contributed by atoms with E-state index >= 15 is 0 Å². The van der Waals surface area contributed by atoms with Crippen molar-refractivity contribution in [3.8, 4) is 6.07 Å². The van der Waals surface area contributed by atoms with Crippen LogP contribution in [0.4, 0.5) is 5.00 Å². The summed E-state index contributed by atoms with van der Waals surface area (Å²) < 4.78 is 2.24. The Labute approximate surface area is 141 Å². The number of hydrogen-bond acceptors (Lipinski definition) is 4. The topological polar surface area (TPSA) is 70.7 Å². The van der Waals surface area contributed by atoms with Gasteiger partial charge in [-0.2, -0.15) is 10.4 Å². The van der Waals surface area contributed by atoms with Crippen LogP contribution in [-0.2, 0) is 19.9 Å². The molecular formula is C15H15BrN4OS. The fraction of sp³-hybridized carbons (Fsp3) is 0.400. The number of nitrogens with zero attached hydrogens (tertiary/aromatic N) is 3. The number of anilines is 1. The molecule has 1 N–H and O–H groups in total. The number of rotatable bonds is 2. The van der Waals surface area contributed by atoms with Gasteiger partial charge in [-0.05, 0) is 54.1 Å². The van der Waals surface area contributed by atoms with E-state index < -0.39 is 0 Å². The highest BCUT2D eigenvalue weighted by Crippen LogP contribution is 2.38. The zero-order chi connectivity index (χ0) is 15.9. The fourth-order valence-corrected chi connectivity index (χ4v) is 4.56. The van der Waals surface area contributed by atoms with Gasteiger partial charge in [-0.15, -0.1) is 11.3 Å². The van der Waals surface area contributed by atoms with Crippen molar-refractivity contribution in [3.05, 3.63) is 31.9 Å². The Morgan fingerprint density at radius 2 is 2.18 bits per heavy atom. The second kappa shape index (κ2) is 5.86. The average molecular weight is 379 g/mol.